The molecule has 254 valence electrons. The van der Waals surface area contributed by atoms with Gasteiger partial charge in [-0.15, -0.1) is 11.6 Å². The molecule has 1 aromatic rings. The number of likely N-dealkylation sites (tertiary alicyclic amines) is 1. The van der Waals surface area contributed by atoms with E-state index in [0.717, 1.165) is 19.3 Å². The summed E-state index contributed by atoms with van der Waals surface area (Å²) in [6.45, 7) is 7.33. The highest BCUT2D eigenvalue weighted by Crippen LogP contribution is 2.32. The zero-order chi connectivity index (χ0) is 33.1. The number of nitrogens with zero attached hydrogens (tertiary/aromatic N) is 2. The topological polar surface area (TPSA) is 131 Å². The van der Waals surface area contributed by atoms with Crippen molar-refractivity contribution in [1.29, 1.82) is 0 Å². The third-order valence-corrected chi connectivity index (χ3v) is 7.24. The number of oxime groups is 1. The third kappa shape index (κ3) is 12.6. The van der Waals surface area contributed by atoms with Gasteiger partial charge in [-0.1, -0.05) is 17.3 Å². The molecular formula is C33H45ClN2O10. The molecule has 2 atom stereocenters. The maximum atomic E-state index is 13.7. The largest absolute Gasteiger partial charge is 0.467 e. The molecule has 2 aliphatic heterocycles. The molecule has 0 aromatic heterocycles. The van der Waals surface area contributed by atoms with E-state index in [1.54, 1.807) is 48.3 Å². The lowest BCUT2D eigenvalue weighted by Gasteiger charge is -2.26. The normalized spacial score (nSPS) is 21.3. The van der Waals surface area contributed by atoms with Crippen molar-refractivity contribution in [3.8, 4) is 11.5 Å². The second kappa shape index (κ2) is 20.5. The molecule has 0 aliphatic carbocycles. The van der Waals surface area contributed by atoms with Crippen molar-refractivity contribution in [2.24, 2.45) is 5.16 Å². The zero-order valence-corrected chi connectivity index (χ0v) is 27.6. The van der Waals surface area contributed by atoms with Crippen LogP contribution in [0.5, 0.6) is 11.5 Å². The Balaban J connectivity index is 2.02. The maximum absolute atomic E-state index is 13.7. The smallest absolute Gasteiger partial charge is 0.342 e. The highest BCUT2D eigenvalue weighted by molar-refractivity contribution is 6.26. The van der Waals surface area contributed by atoms with Crippen molar-refractivity contribution in [2.45, 2.75) is 71.5 Å². The molecule has 46 heavy (non-hydrogen) atoms. The number of carbonyl (C=O) groups excluding carboxylic acids is 3. The number of halogens is 1. The summed E-state index contributed by atoms with van der Waals surface area (Å²) >= 11 is 5.67. The van der Waals surface area contributed by atoms with Crippen LogP contribution < -0.4 is 9.47 Å². The standard InChI is InChI=1S/C33H45ClN2O10/c1-4-40-22-42-28-18-25-17-26(35-44-21-30(37)36-15-7-6-8-16-36)12-10-14-27(46-31(38)20-34)13-9-11-24(3)45-33(39)32(25)29(19-28)43-23-41-5-2/h9-10,12-13,18-19,24,27H,4-8,11,14-17,20-23H2,1-3H3/b12-10+,13-9+,35-26-/t24-,27-/m1/s1. The molecule has 0 bridgehead atoms. The van der Waals surface area contributed by atoms with Crippen LogP contribution in [0.1, 0.15) is 68.8 Å². The van der Waals surface area contributed by atoms with Crippen LogP contribution >= 0.6 is 11.6 Å². The molecule has 2 heterocycles. The Labute approximate surface area is 275 Å². The molecule has 0 saturated carbocycles. The first-order valence-electron chi connectivity index (χ1n) is 15.7. The summed E-state index contributed by atoms with van der Waals surface area (Å²) in [6.07, 6.45) is 9.62. The Morgan fingerprint density at radius 1 is 1.02 bits per heavy atom. The van der Waals surface area contributed by atoms with E-state index in [1.807, 2.05) is 13.8 Å². The number of amides is 1. The summed E-state index contributed by atoms with van der Waals surface area (Å²) in [7, 11) is 0. The number of carbonyl (C=O) groups is 3. The van der Waals surface area contributed by atoms with E-state index in [4.69, 9.17) is 44.9 Å². The molecule has 0 unspecified atom stereocenters. The maximum Gasteiger partial charge on any atom is 0.342 e. The number of benzene rings is 1. The minimum absolute atomic E-state index is 0.0149. The number of ether oxygens (including phenoxy) is 6. The van der Waals surface area contributed by atoms with E-state index in [-0.39, 0.29) is 49.7 Å². The molecule has 1 saturated heterocycles. The van der Waals surface area contributed by atoms with Gasteiger partial charge in [0.2, 0.25) is 0 Å². The van der Waals surface area contributed by atoms with Crippen LogP contribution in [-0.4, -0.2) is 93.0 Å². The van der Waals surface area contributed by atoms with Gasteiger partial charge in [0.15, 0.2) is 20.2 Å². The number of fused-ring (bicyclic) bond motifs is 1. The van der Waals surface area contributed by atoms with E-state index < -0.39 is 24.1 Å². The Bertz CT molecular complexity index is 1230. The molecule has 0 radical (unpaired) electrons. The molecule has 1 amide bonds. The SMILES string of the molecule is CCOCOc1cc2c(c(OCOCC)c1)C(=O)O[C@H](C)C/C=C/[C@@H](OC(=O)CCl)C/C=C/C(=N/OCC(=O)N1CCCCC1)C2. The molecule has 13 heteroatoms. The molecule has 3 rings (SSSR count). The number of alkyl halides is 1. The van der Waals surface area contributed by atoms with Crippen LogP contribution in [0.4, 0.5) is 0 Å². The fraction of sp³-hybridized carbons (Fsp3) is 0.576. The van der Waals surface area contributed by atoms with Crippen LogP contribution in [0, 0.1) is 0 Å². The number of allylic oxidation sites excluding steroid dienone is 1. The average Bonchev–Trinajstić information content (AvgIpc) is 3.04. The van der Waals surface area contributed by atoms with Crippen molar-refractivity contribution in [2.75, 3.05) is 52.4 Å². The van der Waals surface area contributed by atoms with Gasteiger partial charge in [0.05, 0.1) is 5.71 Å². The Kier molecular flexibility index (Phi) is 16.4. The van der Waals surface area contributed by atoms with Gasteiger partial charge >= 0.3 is 11.9 Å². The lowest BCUT2D eigenvalue weighted by atomic mass is 9.99. The van der Waals surface area contributed by atoms with Gasteiger partial charge in [-0.3, -0.25) is 9.59 Å². The minimum Gasteiger partial charge on any atom is -0.467 e. The first kappa shape index (κ1) is 36.9. The van der Waals surface area contributed by atoms with Crippen molar-refractivity contribution < 1.29 is 47.6 Å². The predicted molar refractivity (Wildman–Crippen MR) is 171 cm³/mol. The van der Waals surface area contributed by atoms with E-state index >= 15 is 0 Å². The molecule has 2 aliphatic rings. The zero-order valence-electron chi connectivity index (χ0n) is 26.9. The number of rotatable bonds is 13. The summed E-state index contributed by atoms with van der Waals surface area (Å²) in [5.41, 5.74) is 1.04. The summed E-state index contributed by atoms with van der Waals surface area (Å²) in [5, 5.41) is 4.29. The van der Waals surface area contributed by atoms with Crippen LogP contribution in [0.15, 0.2) is 41.6 Å². The van der Waals surface area contributed by atoms with Gasteiger partial charge in [0.25, 0.3) is 5.91 Å². The number of hydrogen-bond donors (Lipinski definition) is 0. The second-order valence-corrected chi connectivity index (χ2v) is 10.9. The molecular weight excluding hydrogens is 620 g/mol. The highest BCUT2D eigenvalue weighted by Gasteiger charge is 2.25. The average molecular weight is 665 g/mol. The summed E-state index contributed by atoms with van der Waals surface area (Å²) in [5.74, 6) is -1.03. The van der Waals surface area contributed by atoms with Crippen LogP contribution in [-0.2, 0) is 39.8 Å². The Hall–Kier alpha value is -3.61. The van der Waals surface area contributed by atoms with Gasteiger partial charge < -0.3 is 38.2 Å². The summed E-state index contributed by atoms with van der Waals surface area (Å²) in [4.78, 5) is 45.7. The van der Waals surface area contributed by atoms with Crippen molar-refractivity contribution in [1.82, 2.24) is 4.90 Å². The molecule has 0 spiro atoms. The van der Waals surface area contributed by atoms with Crippen LogP contribution in [0.3, 0.4) is 0 Å². The first-order valence-corrected chi connectivity index (χ1v) is 16.2. The summed E-state index contributed by atoms with van der Waals surface area (Å²) < 4.78 is 33.7. The van der Waals surface area contributed by atoms with Gasteiger partial charge in [0, 0.05) is 51.6 Å². The summed E-state index contributed by atoms with van der Waals surface area (Å²) in [6, 6.07) is 3.27. The number of hydrogen-bond acceptors (Lipinski definition) is 11. The lowest BCUT2D eigenvalue weighted by molar-refractivity contribution is -0.143. The van der Waals surface area contributed by atoms with Crippen LogP contribution in [0.25, 0.3) is 0 Å². The number of piperidine rings is 1. The Morgan fingerprint density at radius 3 is 2.48 bits per heavy atom. The molecule has 1 aromatic carbocycles. The minimum atomic E-state index is -0.620. The highest BCUT2D eigenvalue weighted by atomic mass is 35.5. The van der Waals surface area contributed by atoms with Crippen LogP contribution in [0.2, 0.25) is 0 Å². The van der Waals surface area contributed by atoms with E-state index in [9.17, 15) is 14.4 Å². The van der Waals surface area contributed by atoms with Crippen molar-refractivity contribution in [3.05, 3.63) is 47.6 Å². The third-order valence-electron chi connectivity index (χ3n) is 7.02. The number of cyclic esters (lactones) is 1. The van der Waals surface area contributed by atoms with Gasteiger partial charge in [0.1, 0.15) is 35.2 Å². The van der Waals surface area contributed by atoms with Gasteiger partial charge in [-0.05, 0) is 63.8 Å². The van der Waals surface area contributed by atoms with E-state index in [0.29, 0.717) is 56.2 Å². The van der Waals surface area contributed by atoms with Gasteiger partial charge in [-0.2, -0.15) is 0 Å². The quantitative estimate of drug-likeness (QED) is 0.0712. The van der Waals surface area contributed by atoms with E-state index in [2.05, 4.69) is 5.16 Å². The second-order valence-electron chi connectivity index (χ2n) is 10.6. The number of esters is 2. The fourth-order valence-corrected chi connectivity index (χ4v) is 4.80. The molecule has 12 nitrogen and oxygen atoms in total. The predicted octanol–water partition coefficient (Wildman–Crippen LogP) is 4.96. The van der Waals surface area contributed by atoms with Crippen molar-refractivity contribution in [3.63, 3.8) is 0 Å². The van der Waals surface area contributed by atoms with Gasteiger partial charge in [-0.25, -0.2) is 4.79 Å². The first-order chi connectivity index (χ1) is 22.3. The fourth-order valence-electron chi connectivity index (χ4n) is 4.73. The van der Waals surface area contributed by atoms with E-state index in [1.165, 1.54) is 0 Å². The lowest BCUT2D eigenvalue weighted by Crippen LogP contribution is -2.37. The monoisotopic (exact) mass is 664 g/mol. The Morgan fingerprint density at radius 2 is 1.76 bits per heavy atom. The molecule has 0 N–H and O–H groups in total. The molecule has 1 fully saturated rings. The van der Waals surface area contributed by atoms with Crippen molar-refractivity contribution >= 4 is 35.2 Å².